The van der Waals surface area contributed by atoms with Crippen molar-refractivity contribution < 1.29 is 14.5 Å². The van der Waals surface area contributed by atoms with E-state index in [0.29, 0.717) is 15.8 Å². The number of carbonyl (C=O) groups is 1. The Bertz CT molecular complexity index is 837. The van der Waals surface area contributed by atoms with Crippen molar-refractivity contribution in [3.63, 3.8) is 0 Å². The fraction of sp³-hybridized carbons (Fsp3) is 0.176. The fourth-order valence-corrected chi connectivity index (χ4v) is 2.30. The maximum absolute atomic E-state index is 11.7. The Morgan fingerprint density at radius 2 is 2.04 bits per heavy atom. The Kier molecular flexibility index (Phi) is 6.24. The van der Waals surface area contributed by atoms with Crippen molar-refractivity contribution in [1.82, 2.24) is 5.43 Å². The molecule has 0 unspecified atom stereocenters. The van der Waals surface area contributed by atoms with Crippen molar-refractivity contribution in [2.75, 3.05) is 6.61 Å². The highest BCUT2D eigenvalue weighted by atomic mass is 79.9. The van der Waals surface area contributed by atoms with Gasteiger partial charge in [-0.2, -0.15) is 5.10 Å². The molecule has 0 saturated heterocycles. The van der Waals surface area contributed by atoms with Gasteiger partial charge in [0.2, 0.25) is 0 Å². The minimum absolute atomic E-state index is 0.0756. The Balaban J connectivity index is 1.89. The van der Waals surface area contributed by atoms with Gasteiger partial charge in [-0.25, -0.2) is 5.43 Å². The predicted octanol–water partition coefficient (Wildman–Crippen LogP) is 3.50. The van der Waals surface area contributed by atoms with Crippen molar-refractivity contribution in [2.24, 2.45) is 5.10 Å². The first-order valence-corrected chi connectivity index (χ1v) is 8.12. The lowest BCUT2D eigenvalue weighted by Gasteiger charge is -2.07. The van der Waals surface area contributed by atoms with Crippen LogP contribution >= 0.6 is 15.9 Å². The van der Waals surface area contributed by atoms with Gasteiger partial charge < -0.3 is 4.74 Å². The molecule has 0 fully saturated rings. The van der Waals surface area contributed by atoms with Gasteiger partial charge in [-0.1, -0.05) is 12.1 Å². The monoisotopic (exact) mass is 405 g/mol. The number of rotatable bonds is 6. The Morgan fingerprint density at radius 3 is 2.72 bits per heavy atom. The Hall–Kier alpha value is -2.74. The number of halogens is 1. The predicted molar refractivity (Wildman–Crippen MR) is 97.9 cm³/mol. The number of hydrazone groups is 1. The summed E-state index contributed by atoms with van der Waals surface area (Å²) < 4.78 is 5.77. The lowest BCUT2D eigenvalue weighted by atomic mass is 10.1. The number of carbonyl (C=O) groups excluding carboxylic acids is 1. The molecule has 2 rings (SSSR count). The number of nitro benzene ring substituents is 1. The molecule has 0 aliphatic rings. The molecule has 0 bridgehead atoms. The lowest BCUT2D eigenvalue weighted by molar-refractivity contribution is -0.385. The zero-order chi connectivity index (χ0) is 18.4. The van der Waals surface area contributed by atoms with E-state index in [1.54, 1.807) is 18.2 Å². The van der Waals surface area contributed by atoms with Gasteiger partial charge in [-0.05, 0) is 59.1 Å². The van der Waals surface area contributed by atoms with E-state index in [1.807, 2.05) is 26.0 Å². The molecule has 130 valence electrons. The maximum atomic E-state index is 11.7. The molecule has 0 atom stereocenters. The standard InChI is InChI=1S/C17H16BrN3O4/c1-11-3-5-14(7-12(11)2)25-10-17(22)20-19-9-13-4-6-15(18)16(8-13)21(23)24/h3-9H,10H2,1-2H3,(H,20,22)/b19-9-. The minimum Gasteiger partial charge on any atom is -0.484 e. The molecule has 2 aromatic rings. The molecule has 0 spiro atoms. The van der Waals surface area contributed by atoms with Crippen LogP contribution in [0.1, 0.15) is 16.7 Å². The van der Waals surface area contributed by atoms with Crippen molar-refractivity contribution >= 4 is 33.7 Å². The summed E-state index contributed by atoms with van der Waals surface area (Å²) in [5.74, 6) is 0.173. The molecular weight excluding hydrogens is 390 g/mol. The Morgan fingerprint density at radius 1 is 1.28 bits per heavy atom. The van der Waals surface area contributed by atoms with Crippen LogP contribution in [0.5, 0.6) is 5.75 Å². The summed E-state index contributed by atoms with van der Waals surface area (Å²) in [6.07, 6.45) is 1.33. The number of benzene rings is 2. The van der Waals surface area contributed by atoms with Crippen LogP contribution in [0.15, 0.2) is 46.0 Å². The smallest absolute Gasteiger partial charge is 0.284 e. The number of aryl methyl sites for hydroxylation is 2. The van der Waals surface area contributed by atoms with Crippen LogP contribution in [0.25, 0.3) is 0 Å². The van der Waals surface area contributed by atoms with E-state index in [2.05, 4.69) is 26.5 Å². The van der Waals surface area contributed by atoms with Gasteiger partial charge in [0.25, 0.3) is 11.6 Å². The minimum atomic E-state index is -0.503. The first-order chi connectivity index (χ1) is 11.9. The average Bonchev–Trinajstić information content (AvgIpc) is 2.57. The number of nitrogens with one attached hydrogen (secondary N) is 1. The zero-order valence-corrected chi connectivity index (χ0v) is 15.2. The summed E-state index contributed by atoms with van der Waals surface area (Å²) >= 11 is 3.10. The molecule has 0 radical (unpaired) electrons. The molecule has 2 aromatic carbocycles. The SMILES string of the molecule is Cc1ccc(OCC(=O)N/N=C\c2ccc(Br)c([N+](=O)[O-])c2)cc1C. The Labute approximate surface area is 153 Å². The molecule has 0 aromatic heterocycles. The van der Waals surface area contributed by atoms with Crippen LogP contribution in [-0.2, 0) is 4.79 Å². The van der Waals surface area contributed by atoms with E-state index in [9.17, 15) is 14.9 Å². The number of amides is 1. The number of nitro groups is 1. The molecular formula is C17H16BrN3O4. The molecule has 8 heteroatoms. The van der Waals surface area contributed by atoms with E-state index in [-0.39, 0.29) is 12.3 Å². The van der Waals surface area contributed by atoms with Crippen molar-refractivity contribution in [1.29, 1.82) is 0 Å². The first kappa shape index (κ1) is 18.6. The van der Waals surface area contributed by atoms with Crippen molar-refractivity contribution in [3.05, 3.63) is 67.7 Å². The quantitative estimate of drug-likeness (QED) is 0.451. The van der Waals surface area contributed by atoms with Crippen molar-refractivity contribution in [3.8, 4) is 5.75 Å². The highest BCUT2D eigenvalue weighted by Crippen LogP contribution is 2.24. The highest BCUT2D eigenvalue weighted by Gasteiger charge is 2.11. The summed E-state index contributed by atoms with van der Waals surface area (Å²) in [5, 5.41) is 14.6. The third kappa shape index (κ3) is 5.39. The molecule has 1 amide bonds. The molecule has 0 heterocycles. The van der Waals surface area contributed by atoms with Gasteiger partial charge in [0.05, 0.1) is 15.6 Å². The third-order valence-electron chi connectivity index (χ3n) is 3.42. The zero-order valence-electron chi connectivity index (χ0n) is 13.7. The number of hydrogen-bond donors (Lipinski definition) is 1. The molecule has 25 heavy (non-hydrogen) atoms. The molecule has 0 aliphatic heterocycles. The second kappa shape index (κ2) is 8.39. The van der Waals surface area contributed by atoms with E-state index >= 15 is 0 Å². The molecule has 1 N–H and O–H groups in total. The van der Waals surface area contributed by atoms with Crippen LogP contribution in [-0.4, -0.2) is 23.7 Å². The van der Waals surface area contributed by atoms with E-state index < -0.39 is 10.8 Å². The van der Waals surface area contributed by atoms with Gasteiger partial charge in [0.15, 0.2) is 6.61 Å². The summed E-state index contributed by atoms with van der Waals surface area (Å²) in [6.45, 7) is 3.78. The van der Waals surface area contributed by atoms with Crippen LogP contribution in [0.3, 0.4) is 0 Å². The second-order valence-electron chi connectivity index (χ2n) is 5.30. The third-order valence-corrected chi connectivity index (χ3v) is 4.09. The number of ether oxygens (including phenoxy) is 1. The molecule has 7 nitrogen and oxygen atoms in total. The van der Waals surface area contributed by atoms with E-state index in [1.165, 1.54) is 12.3 Å². The molecule has 0 aliphatic carbocycles. The van der Waals surface area contributed by atoms with E-state index in [0.717, 1.165) is 11.1 Å². The van der Waals surface area contributed by atoms with Gasteiger partial charge in [-0.3, -0.25) is 14.9 Å². The normalized spacial score (nSPS) is 10.7. The van der Waals surface area contributed by atoms with E-state index in [4.69, 9.17) is 4.74 Å². The number of hydrogen-bond acceptors (Lipinski definition) is 5. The van der Waals surface area contributed by atoms with Gasteiger partial charge in [-0.15, -0.1) is 0 Å². The highest BCUT2D eigenvalue weighted by molar-refractivity contribution is 9.10. The van der Waals surface area contributed by atoms with Crippen LogP contribution in [0.4, 0.5) is 5.69 Å². The second-order valence-corrected chi connectivity index (χ2v) is 6.15. The summed E-state index contributed by atoms with van der Waals surface area (Å²) in [4.78, 5) is 22.1. The van der Waals surface area contributed by atoms with Crippen LogP contribution < -0.4 is 10.2 Å². The van der Waals surface area contributed by atoms with Crippen LogP contribution in [0, 0.1) is 24.0 Å². The van der Waals surface area contributed by atoms with Crippen LogP contribution in [0.2, 0.25) is 0 Å². The van der Waals surface area contributed by atoms with Gasteiger partial charge >= 0.3 is 0 Å². The van der Waals surface area contributed by atoms with Crippen molar-refractivity contribution in [2.45, 2.75) is 13.8 Å². The number of nitrogens with zero attached hydrogens (tertiary/aromatic N) is 2. The maximum Gasteiger partial charge on any atom is 0.284 e. The first-order valence-electron chi connectivity index (χ1n) is 7.32. The summed E-state index contributed by atoms with van der Waals surface area (Å²) in [6, 6.07) is 10.1. The molecule has 0 saturated carbocycles. The topological polar surface area (TPSA) is 93.8 Å². The fourth-order valence-electron chi connectivity index (χ4n) is 1.91. The summed E-state index contributed by atoms with van der Waals surface area (Å²) in [5.41, 5.74) is 4.95. The van der Waals surface area contributed by atoms with Gasteiger partial charge in [0.1, 0.15) is 5.75 Å². The lowest BCUT2D eigenvalue weighted by Crippen LogP contribution is -2.24. The average molecular weight is 406 g/mol. The summed E-state index contributed by atoms with van der Waals surface area (Å²) in [7, 11) is 0. The largest absolute Gasteiger partial charge is 0.484 e. The van der Waals surface area contributed by atoms with Gasteiger partial charge in [0, 0.05) is 11.6 Å².